The van der Waals surface area contributed by atoms with E-state index in [1.165, 1.54) is 0 Å². The van der Waals surface area contributed by atoms with E-state index in [0.29, 0.717) is 6.29 Å². The lowest BCUT2D eigenvalue weighted by atomic mass is 10.1. The van der Waals surface area contributed by atoms with Crippen molar-refractivity contribution >= 4 is 12.4 Å². The first-order chi connectivity index (χ1) is 7.64. The van der Waals surface area contributed by atoms with Gasteiger partial charge in [-0.1, -0.05) is 0 Å². The summed E-state index contributed by atoms with van der Waals surface area (Å²) in [5.74, 6) is -2.94. The Morgan fingerprint density at radius 2 is 2.12 bits per heavy atom. The van der Waals surface area contributed by atoms with Gasteiger partial charge in [-0.05, 0) is 20.8 Å². The van der Waals surface area contributed by atoms with Crippen molar-refractivity contribution in [2.75, 3.05) is 6.54 Å². The van der Waals surface area contributed by atoms with Gasteiger partial charge in [-0.3, -0.25) is 4.90 Å². The lowest BCUT2D eigenvalue weighted by molar-refractivity contribution is -0.108. The number of aldehydes is 1. The standard InChI is InChI=1S/C11H17F2NO3/c1-10(2,3)17-9(16)14-7-11(12,13)6-8(14)4-5-15/h5,8H,4,6-7H2,1-3H3. The molecule has 0 radical (unpaired) electrons. The molecule has 0 aromatic heterocycles. The molecule has 98 valence electrons. The number of amides is 1. The lowest BCUT2D eigenvalue weighted by Gasteiger charge is -2.27. The van der Waals surface area contributed by atoms with Crippen LogP contribution in [0.2, 0.25) is 0 Å². The Hall–Kier alpha value is -1.20. The van der Waals surface area contributed by atoms with Gasteiger partial charge in [0.25, 0.3) is 5.92 Å². The molecule has 17 heavy (non-hydrogen) atoms. The first-order valence-corrected chi connectivity index (χ1v) is 5.46. The summed E-state index contributed by atoms with van der Waals surface area (Å²) in [7, 11) is 0. The Kier molecular flexibility index (Phi) is 3.74. The summed E-state index contributed by atoms with van der Waals surface area (Å²) in [4.78, 5) is 23.0. The molecule has 0 spiro atoms. The molecule has 0 bridgehead atoms. The van der Waals surface area contributed by atoms with Crippen molar-refractivity contribution in [3.05, 3.63) is 0 Å². The van der Waals surface area contributed by atoms with Crippen LogP contribution in [0.25, 0.3) is 0 Å². The summed E-state index contributed by atoms with van der Waals surface area (Å²) in [6, 6.07) is -0.766. The topological polar surface area (TPSA) is 46.6 Å². The van der Waals surface area contributed by atoms with Gasteiger partial charge in [0.2, 0.25) is 0 Å². The Morgan fingerprint density at radius 1 is 1.53 bits per heavy atom. The van der Waals surface area contributed by atoms with Crippen LogP contribution in [0.15, 0.2) is 0 Å². The fraction of sp³-hybridized carbons (Fsp3) is 0.818. The van der Waals surface area contributed by atoms with Crippen molar-refractivity contribution in [2.45, 2.75) is 51.2 Å². The summed E-state index contributed by atoms with van der Waals surface area (Å²) in [5.41, 5.74) is -0.735. The fourth-order valence-electron chi connectivity index (χ4n) is 1.75. The predicted molar refractivity (Wildman–Crippen MR) is 57.0 cm³/mol. The van der Waals surface area contributed by atoms with Gasteiger partial charge in [0.05, 0.1) is 6.54 Å². The van der Waals surface area contributed by atoms with E-state index in [2.05, 4.69) is 0 Å². The highest BCUT2D eigenvalue weighted by Gasteiger charge is 2.47. The number of carbonyl (C=O) groups excluding carboxylic acids is 2. The largest absolute Gasteiger partial charge is 0.444 e. The van der Waals surface area contributed by atoms with Crippen LogP contribution in [0.5, 0.6) is 0 Å². The van der Waals surface area contributed by atoms with E-state index in [0.717, 1.165) is 4.90 Å². The third-order valence-electron chi connectivity index (χ3n) is 2.37. The van der Waals surface area contributed by atoms with Gasteiger partial charge in [-0.25, -0.2) is 13.6 Å². The Balaban J connectivity index is 2.73. The SMILES string of the molecule is CC(C)(C)OC(=O)N1CC(F)(F)CC1CC=O. The molecule has 1 amide bonds. The minimum atomic E-state index is -2.94. The Morgan fingerprint density at radius 3 is 2.59 bits per heavy atom. The number of rotatable bonds is 2. The van der Waals surface area contributed by atoms with E-state index >= 15 is 0 Å². The third kappa shape index (κ3) is 3.94. The van der Waals surface area contributed by atoms with Crippen molar-refractivity contribution in [1.82, 2.24) is 4.90 Å². The molecule has 1 saturated heterocycles. The van der Waals surface area contributed by atoms with Gasteiger partial charge < -0.3 is 9.53 Å². The molecule has 1 rings (SSSR count). The van der Waals surface area contributed by atoms with Crippen molar-refractivity contribution < 1.29 is 23.1 Å². The number of hydrogen-bond donors (Lipinski definition) is 0. The zero-order valence-electron chi connectivity index (χ0n) is 10.2. The van der Waals surface area contributed by atoms with E-state index in [1.807, 2.05) is 0 Å². The van der Waals surface area contributed by atoms with Gasteiger partial charge in [0.1, 0.15) is 11.9 Å². The normalized spacial score (nSPS) is 23.6. The molecule has 4 nitrogen and oxygen atoms in total. The van der Waals surface area contributed by atoms with Crippen LogP contribution in [0.3, 0.4) is 0 Å². The summed E-state index contributed by atoms with van der Waals surface area (Å²) < 4.78 is 31.4. The summed E-state index contributed by atoms with van der Waals surface area (Å²) in [6.07, 6.45) is -0.815. The zero-order valence-corrected chi connectivity index (χ0v) is 10.2. The van der Waals surface area contributed by atoms with Crippen LogP contribution in [-0.2, 0) is 9.53 Å². The van der Waals surface area contributed by atoms with Crippen LogP contribution >= 0.6 is 0 Å². The molecule has 0 aromatic rings. The zero-order chi connectivity index (χ0) is 13.3. The molecular formula is C11H17F2NO3. The third-order valence-corrected chi connectivity index (χ3v) is 2.37. The number of likely N-dealkylation sites (tertiary alicyclic amines) is 1. The maximum Gasteiger partial charge on any atom is 0.410 e. The lowest BCUT2D eigenvalue weighted by Crippen LogP contribution is -2.40. The molecule has 0 saturated carbocycles. The molecule has 0 N–H and O–H groups in total. The maximum atomic E-state index is 13.2. The Labute approximate surface area is 98.9 Å². The summed E-state index contributed by atoms with van der Waals surface area (Å²) in [5, 5.41) is 0. The van der Waals surface area contributed by atoms with Gasteiger partial charge in [0, 0.05) is 18.9 Å². The molecule has 6 heteroatoms. The van der Waals surface area contributed by atoms with E-state index in [1.54, 1.807) is 20.8 Å². The minimum Gasteiger partial charge on any atom is -0.444 e. The molecule has 1 fully saturated rings. The molecule has 0 aliphatic carbocycles. The summed E-state index contributed by atoms with van der Waals surface area (Å²) in [6.45, 7) is 4.30. The van der Waals surface area contributed by atoms with E-state index in [9.17, 15) is 18.4 Å². The molecule has 1 aliphatic rings. The van der Waals surface area contributed by atoms with Crippen LogP contribution in [0.1, 0.15) is 33.6 Å². The first-order valence-electron chi connectivity index (χ1n) is 5.46. The molecular weight excluding hydrogens is 232 g/mol. The average Bonchev–Trinajstić information content (AvgIpc) is 2.39. The molecule has 1 atom stereocenters. The van der Waals surface area contributed by atoms with E-state index in [4.69, 9.17) is 4.74 Å². The van der Waals surface area contributed by atoms with Crippen LogP contribution in [-0.4, -0.2) is 41.4 Å². The van der Waals surface area contributed by atoms with Crippen molar-refractivity contribution in [2.24, 2.45) is 0 Å². The van der Waals surface area contributed by atoms with Gasteiger partial charge in [0.15, 0.2) is 0 Å². The second kappa shape index (κ2) is 4.58. The van der Waals surface area contributed by atoms with E-state index in [-0.39, 0.29) is 6.42 Å². The van der Waals surface area contributed by atoms with Gasteiger partial charge in [-0.2, -0.15) is 0 Å². The average molecular weight is 249 g/mol. The van der Waals surface area contributed by atoms with Crippen LogP contribution in [0.4, 0.5) is 13.6 Å². The second-order valence-electron chi connectivity index (χ2n) is 5.22. The number of hydrogen-bond acceptors (Lipinski definition) is 3. The summed E-state index contributed by atoms with van der Waals surface area (Å²) >= 11 is 0. The van der Waals surface area contributed by atoms with Crippen molar-refractivity contribution in [1.29, 1.82) is 0 Å². The quantitative estimate of drug-likeness (QED) is 0.705. The second-order valence-corrected chi connectivity index (χ2v) is 5.22. The van der Waals surface area contributed by atoms with Gasteiger partial charge >= 0.3 is 6.09 Å². The molecule has 1 unspecified atom stereocenters. The van der Waals surface area contributed by atoms with Crippen molar-refractivity contribution in [3.8, 4) is 0 Å². The van der Waals surface area contributed by atoms with Crippen LogP contribution < -0.4 is 0 Å². The molecule has 1 heterocycles. The van der Waals surface area contributed by atoms with Crippen LogP contribution in [0, 0.1) is 0 Å². The minimum absolute atomic E-state index is 0.0885. The number of nitrogens with zero attached hydrogens (tertiary/aromatic N) is 1. The van der Waals surface area contributed by atoms with Gasteiger partial charge in [-0.15, -0.1) is 0 Å². The number of alkyl halides is 2. The smallest absolute Gasteiger partial charge is 0.410 e. The first kappa shape index (κ1) is 13.9. The molecule has 1 aliphatic heterocycles. The molecule has 0 aromatic carbocycles. The van der Waals surface area contributed by atoms with Crippen molar-refractivity contribution in [3.63, 3.8) is 0 Å². The monoisotopic (exact) mass is 249 g/mol. The van der Waals surface area contributed by atoms with E-state index < -0.39 is 36.6 Å². The highest BCUT2D eigenvalue weighted by Crippen LogP contribution is 2.34. The number of ether oxygens (including phenoxy) is 1. The Bertz CT molecular complexity index is 312. The predicted octanol–water partition coefficient (Wildman–Crippen LogP) is 2.22. The highest BCUT2D eigenvalue weighted by molar-refractivity contribution is 5.70. The highest BCUT2D eigenvalue weighted by atomic mass is 19.3. The maximum absolute atomic E-state index is 13.2. The number of halogens is 2. The fourth-order valence-corrected chi connectivity index (χ4v) is 1.75. The number of carbonyl (C=O) groups is 2.